The molecular formula is C13H19N3O3S. The highest BCUT2D eigenvalue weighted by Gasteiger charge is 2.27. The van der Waals surface area contributed by atoms with E-state index in [9.17, 15) is 9.59 Å². The van der Waals surface area contributed by atoms with E-state index in [1.54, 1.807) is 0 Å². The molecule has 0 aliphatic heterocycles. The van der Waals surface area contributed by atoms with Crippen LogP contribution in [0.1, 0.15) is 41.2 Å². The maximum absolute atomic E-state index is 12.0. The number of rotatable bonds is 5. The highest BCUT2D eigenvalue weighted by atomic mass is 32.1. The summed E-state index contributed by atoms with van der Waals surface area (Å²) in [6.07, 6.45) is 4.47. The Morgan fingerprint density at radius 2 is 2.20 bits per heavy atom. The van der Waals surface area contributed by atoms with Crippen LogP contribution in [0, 0.1) is 5.92 Å². The van der Waals surface area contributed by atoms with Crippen LogP contribution in [0.2, 0.25) is 0 Å². The molecule has 6 nitrogen and oxygen atoms in total. The van der Waals surface area contributed by atoms with Crippen molar-refractivity contribution in [1.82, 2.24) is 10.3 Å². The van der Waals surface area contributed by atoms with Gasteiger partial charge in [-0.2, -0.15) is 0 Å². The number of hydrogen-bond donors (Lipinski definition) is 3. The van der Waals surface area contributed by atoms with Crippen LogP contribution in [-0.4, -0.2) is 34.6 Å². The van der Waals surface area contributed by atoms with Crippen LogP contribution in [-0.2, 0) is 11.2 Å². The van der Waals surface area contributed by atoms with Gasteiger partial charge in [-0.05, 0) is 12.8 Å². The molecule has 20 heavy (non-hydrogen) atoms. The molecule has 0 radical (unpaired) electrons. The Hall–Kier alpha value is -1.47. The van der Waals surface area contributed by atoms with Crippen molar-refractivity contribution >= 4 is 23.2 Å². The average Bonchev–Trinajstić information content (AvgIpc) is 2.88. The molecule has 1 amide bonds. The second-order valence-electron chi connectivity index (χ2n) is 5.03. The minimum absolute atomic E-state index is 0.00668. The normalized spacial score (nSPS) is 22.4. The number of carbonyl (C=O) groups excluding carboxylic acids is 1. The molecule has 0 bridgehead atoms. The van der Waals surface area contributed by atoms with E-state index in [0.29, 0.717) is 13.0 Å². The molecule has 2 rings (SSSR count). The van der Waals surface area contributed by atoms with E-state index in [1.807, 2.05) is 0 Å². The number of nitrogens with two attached hydrogens (primary N) is 1. The summed E-state index contributed by atoms with van der Waals surface area (Å²) in [7, 11) is 0. The standard InChI is InChI=1S/C13H19N3O3S/c14-9-4-2-1-3-8(9)12(17)15-6-5-11-16-10(7-20-11)13(18)19/h7-9H,1-6,14H2,(H,15,17)(H,18,19). The third kappa shape index (κ3) is 3.77. The highest BCUT2D eigenvalue weighted by Crippen LogP contribution is 2.22. The third-order valence-corrected chi connectivity index (χ3v) is 4.47. The van der Waals surface area contributed by atoms with Crippen molar-refractivity contribution in [3.05, 3.63) is 16.1 Å². The molecule has 0 spiro atoms. The Kier molecular flexibility index (Phi) is 5.08. The quantitative estimate of drug-likeness (QED) is 0.752. The van der Waals surface area contributed by atoms with Crippen LogP contribution < -0.4 is 11.1 Å². The first-order valence-corrected chi connectivity index (χ1v) is 7.67. The first kappa shape index (κ1) is 14.9. The fraction of sp³-hybridized carbons (Fsp3) is 0.615. The van der Waals surface area contributed by atoms with Crippen LogP contribution in [0.4, 0.5) is 0 Å². The summed E-state index contributed by atoms with van der Waals surface area (Å²) in [4.78, 5) is 26.7. The van der Waals surface area contributed by atoms with Crippen molar-refractivity contribution in [3.8, 4) is 0 Å². The summed E-state index contributed by atoms with van der Waals surface area (Å²) in [5.74, 6) is -1.11. The van der Waals surface area contributed by atoms with Crippen molar-refractivity contribution in [2.75, 3.05) is 6.54 Å². The number of carbonyl (C=O) groups is 2. The number of nitrogens with one attached hydrogen (secondary N) is 1. The predicted octanol–water partition coefficient (Wildman–Crippen LogP) is 1.02. The minimum Gasteiger partial charge on any atom is -0.476 e. The lowest BCUT2D eigenvalue weighted by atomic mass is 9.84. The predicted molar refractivity (Wildman–Crippen MR) is 75.7 cm³/mol. The molecule has 1 fully saturated rings. The molecule has 1 saturated carbocycles. The van der Waals surface area contributed by atoms with Crippen molar-refractivity contribution in [1.29, 1.82) is 0 Å². The smallest absolute Gasteiger partial charge is 0.355 e. The summed E-state index contributed by atoms with van der Waals surface area (Å²) in [5.41, 5.74) is 6.02. The zero-order valence-corrected chi connectivity index (χ0v) is 12.0. The van der Waals surface area contributed by atoms with E-state index >= 15 is 0 Å². The van der Waals surface area contributed by atoms with Gasteiger partial charge in [0.25, 0.3) is 0 Å². The number of thiazole rings is 1. The van der Waals surface area contributed by atoms with Gasteiger partial charge in [-0.3, -0.25) is 4.79 Å². The third-order valence-electron chi connectivity index (χ3n) is 3.57. The number of hydrogen-bond acceptors (Lipinski definition) is 5. The van der Waals surface area contributed by atoms with Gasteiger partial charge in [0.1, 0.15) is 0 Å². The van der Waals surface area contributed by atoms with Crippen molar-refractivity contribution in [2.24, 2.45) is 11.7 Å². The molecule has 0 saturated heterocycles. The summed E-state index contributed by atoms with van der Waals surface area (Å²) < 4.78 is 0. The number of aromatic carboxylic acids is 1. The molecule has 1 aliphatic carbocycles. The van der Waals surface area contributed by atoms with E-state index in [0.717, 1.165) is 30.7 Å². The van der Waals surface area contributed by atoms with Crippen LogP contribution in [0.15, 0.2) is 5.38 Å². The highest BCUT2D eigenvalue weighted by molar-refractivity contribution is 7.09. The van der Waals surface area contributed by atoms with Gasteiger partial charge >= 0.3 is 5.97 Å². The van der Waals surface area contributed by atoms with Gasteiger partial charge in [0.15, 0.2) is 5.69 Å². The van der Waals surface area contributed by atoms with Gasteiger partial charge < -0.3 is 16.2 Å². The summed E-state index contributed by atoms with van der Waals surface area (Å²) in [5, 5.41) is 13.9. The molecule has 2 atom stereocenters. The second-order valence-corrected chi connectivity index (χ2v) is 5.97. The summed E-state index contributed by atoms with van der Waals surface area (Å²) in [6, 6.07) is -0.0396. The van der Waals surface area contributed by atoms with E-state index < -0.39 is 5.97 Å². The Labute approximate surface area is 121 Å². The topological polar surface area (TPSA) is 105 Å². The van der Waals surface area contributed by atoms with Gasteiger partial charge in [-0.15, -0.1) is 11.3 Å². The van der Waals surface area contributed by atoms with E-state index in [-0.39, 0.29) is 23.6 Å². The second kappa shape index (κ2) is 6.81. The Morgan fingerprint density at radius 3 is 2.85 bits per heavy atom. The monoisotopic (exact) mass is 297 g/mol. The maximum atomic E-state index is 12.0. The minimum atomic E-state index is -1.02. The lowest BCUT2D eigenvalue weighted by molar-refractivity contribution is -0.126. The first-order valence-electron chi connectivity index (χ1n) is 6.79. The van der Waals surface area contributed by atoms with Gasteiger partial charge in [-0.1, -0.05) is 12.8 Å². The van der Waals surface area contributed by atoms with Crippen LogP contribution in [0.3, 0.4) is 0 Å². The lowest BCUT2D eigenvalue weighted by Gasteiger charge is -2.27. The molecule has 7 heteroatoms. The van der Waals surface area contributed by atoms with E-state index in [2.05, 4.69) is 10.3 Å². The summed E-state index contributed by atoms with van der Waals surface area (Å²) in [6.45, 7) is 0.467. The lowest BCUT2D eigenvalue weighted by Crippen LogP contribution is -2.44. The Bertz CT molecular complexity index is 489. The Morgan fingerprint density at radius 1 is 1.45 bits per heavy atom. The molecule has 2 unspecified atom stereocenters. The fourth-order valence-corrected chi connectivity index (χ4v) is 3.20. The summed E-state index contributed by atoms with van der Waals surface area (Å²) >= 11 is 1.30. The molecule has 4 N–H and O–H groups in total. The van der Waals surface area contributed by atoms with Gasteiger partial charge in [-0.25, -0.2) is 9.78 Å². The average molecular weight is 297 g/mol. The van der Waals surface area contributed by atoms with Crippen LogP contribution >= 0.6 is 11.3 Å². The van der Waals surface area contributed by atoms with Crippen molar-refractivity contribution in [3.63, 3.8) is 0 Å². The zero-order valence-electron chi connectivity index (χ0n) is 11.2. The number of aromatic nitrogens is 1. The first-order chi connectivity index (χ1) is 9.58. The molecule has 0 aromatic carbocycles. The zero-order chi connectivity index (χ0) is 14.5. The van der Waals surface area contributed by atoms with E-state index in [4.69, 9.17) is 10.8 Å². The molecule has 110 valence electrons. The van der Waals surface area contributed by atoms with Crippen LogP contribution in [0.5, 0.6) is 0 Å². The van der Waals surface area contributed by atoms with E-state index in [1.165, 1.54) is 16.7 Å². The molecule has 1 heterocycles. The van der Waals surface area contributed by atoms with Gasteiger partial charge in [0.05, 0.1) is 10.9 Å². The van der Waals surface area contributed by atoms with Crippen molar-refractivity contribution in [2.45, 2.75) is 38.1 Å². The van der Waals surface area contributed by atoms with Crippen molar-refractivity contribution < 1.29 is 14.7 Å². The van der Waals surface area contributed by atoms with Gasteiger partial charge in [0, 0.05) is 24.4 Å². The number of carboxylic acid groups (broad SMARTS) is 1. The largest absolute Gasteiger partial charge is 0.476 e. The number of carboxylic acids is 1. The molecule has 1 aromatic rings. The SMILES string of the molecule is NC1CCCCC1C(=O)NCCc1nc(C(=O)O)cs1. The number of nitrogens with zero attached hydrogens (tertiary/aromatic N) is 1. The Balaban J connectivity index is 1.77. The molecule has 1 aromatic heterocycles. The molecular weight excluding hydrogens is 278 g/mol. The maximum Gasteiger partial charge on any atom is 0.355 e. The number of amides is 1. The van der Waals surface area contributed by atoms with Gasteiger partial charge in [0.2, 0.25) is 5.91 Å². The van der Waals surface area contributed by atoms with Crippen LogP contribution in [0.25, 0.3) is 0 Å². The molecule has 1 aliphatic rings. The fourth-order valence-electron chi connectivity index (χ4n) is 2.43.